The number of urea groups is 1. The van der Waals surface area contributed by atoms with E-state index in [0.717, 1.165) is 17.4 Å². The van der Waals surface area contributed by atoms with Crippen molar-refractivity contribution in [1.82, 2.24) is 24.3 Å². The van der Waals surface area contributed by atoms with Gasteiger partial charge in [-0.25, -0.2) is 18.9 Å². The van der Waals surface area contributed by atoms with Gasteiger partial charge in [0, 0.05) is 56.4 Å². The first-order valence-corrected chi connectivity index (χ1v) is 12.2. The Bertz CT molecular complexity index is 1670. The van der Waals surface area contributed by atoms with Gasteiger partial charge in [-0.05, 0) is 42.5 Å². The van der Waals surface area contributed by atoms with Gasteiger partial charge in [-0.15, -0.1) is 0 Å². The van der Waals surface area contributed by atoms with E-state index < -0.39 is 29.3 Å². The zero-order valence-corrected chi connectivity index (χ0v) is 21.4. The molecule has 40 heavy (non-hydrogen) atoms. The minimum atomic E-state index is -4.67. The van der Waals surface area contributed by atoms with Crippen LogP contribution >= 0.6 is 0 Å². The van der Waals surface area contributed by atoms with Crippen LogP contribution in [0.15, 0.2) is 67.0 Å². The van der Waals surface area contributed by atoms with Gasteiger partial charge in [0.1, 0.15) is 11.5 Å². The molecule has 3 N–H and O–H groups in total. The Hall–Kier alpha value is -4.94. The van der Waals surface area contributed by atoms with Crippen molar-refractivity contribution < 1.29 is 22.4 Å². The standard InChI is InChI=1S/C27H24F4N8O/c1-38-13-3-4-19(38)11-12-32-25-33-15-20-23(37-39(2)24(20)36-25)16-5-8-18(9-6-16)34-26(40)35-22-14-17(27(29,30)31)7-10-21(22)28/h3-10,13-15H,11-12H2,1-2H3,(H,32,33,36)(H2,34,35,40). The Morgan fingerprint density at radius 2 is 1.80 bits per heavy atom. The summed E-state index contributed by atoms with van der Waals surface area (Å²) >= 11 is 0. The average Bonchev–Trinajstić information content (AvgIpc) is 3.47. The molecule has 0 aliphatic rings. The second-order valence-electron chi connectivity index (χ2n) is 9.04. The van der Waals surface area contributed by atoms with Gasteiger partial charge in [0.2, 0.25) is 5.95 Å². The van der Waals surface area contributed by atoms with Crippen LogP contribution in [0.2, 0.25) is 0 Å². The number of hydrogen-bond donors (Lipinski definition) is 3. The number of anilines is 3. The van der Waals surface area contributed by atoms with Crippen LogP contribution in [0.4, 0.5) is 39.7 Å². The zero-order chi connectivity index (χ0) is 28.4. The summed E-state index contributed by atoms with van der Waals surface area (Å²) in [5.41, 5.74) is 1.87. The predicted molar refractivity (Wildman–Crippen MR) is 143 cm³/mol. The van der Waals surface area contributed by atoms with Crippen LogP contribution in [-0.2, 0) is 26.7 Å². The number of aromatic nitrogens is 5. The number of fused-ring (bicyclic) bond motifs is 1. The highest BCUT2D eigenvalue weighted by atomic mass is 19.4. The Morgan fingerprint density at radius 1 is 1.02 bits per heavy atom. The molecule has 2 aromatic carbocycles. The lowest BCUT2D eigenvalue weighted by molar-refractivity contribution is -0.137. The molecule has 0 radical (unpaired) electrons. The Balaban J connectivity index is 1.26. The molecule has 13 heteroatoms. The van der Waals surface area contributed by atoms with Crippen LogP contribution in [0, 0.1) is 5.82 Å². The second kappa shape index (κ2) is 10.7. The van der Waals surface area contributed by atoms with E-state index in [2.05, 4.69) is 41.7 Å². The molecule has 2 amide bonds. The van der Waals surface area contributed by atoms with E-state index in [4.69, 9.17) is 0 Å². The Morgan fingerprint density at radius 3 is 2.50 bits per heavy atom. The number of aryl methyl sites for hydroxylation is 2. The van der Waals surface area contributed by atoms with Crippen molar-refractivity contribution in [2.24, 2.45) is 14.1 Å². The number of nitrogens with one attached hydrogen (secondary N) is 3. The normalized spacial score (nSPS) is 11.6. The summed E-state index contributed by atoms with van der Waals surface area (Å²) in [6.07, 6.45) is -0.167. The van der Waals surface area contributed by atoms with E-state index in [0.29, 0.717) is 47.7 Å². The molecule has 0 spiro atoms. The lowest BCUT2D eigenvalue weighted by atomic mass is 10.1. The first kappa shape index (κ1) is 26.7. The molecule has 0 fully saturated rings. The molecular weight excluding hydrogens is 528 g/mol. The summed E-state index contributed by atoms with van der Waals surface area (Å²) < 4.78 is 56.4. The van der Waals surface area contributed by atoms with Crippen molar-refractivity contribution in [3.05, 3.63) is 84.1 Å². The third-order valence-corrected chi connectivity index (χ3v) is 6.25. The molecule has 0 saturated heterocycles. The predicted octanol–water partition coefficient (Wildman–Crippen LogP) is 5.83. The summed E-state index contributed by atoms with van der Waals surface area (Å²) in [4.78, 5) is 21.3. The van der Waals surface area contributed by atoms with Crippen LogP contribution in [-0.4, -0.2) is 36.9 Å². The Kier molecular flexibility index (Phi) is 7.11. The number of benzene rings is 2. The maximum absolute atomic E-state index is 14.0. The van der Waals surface area contributed by atoms with Crippen LogP contribution in [0.1, 0.15) is 11.3 Å². The number of amides is 2. The molecule has 3 heterocycles. The van der Waals surface area contributed by atoms with Crippen molar-refractivity contribution in [1.29, 1.82) is 0 Å². The number of halogens is 4. The Labute approximate surface area is 225 Å². The van der Waals surface area contributed by atoms with Crippen LogP contribution < -0.4 is 16.0 Å². The maximum atomic E-state index is 14.0. The van der Waals surface area contributed by atoms with Gasteiger partial charge in [-0.3, -0.25) is 0 Å². The molecule has 0 bridgehead atoms. The van der Waals surface area contributed by atoms with Gasteiger partial charge < -0.3 is 20.5 Å². The fraction of sp³-hybridized carbons (Fsp3) is 0.185. The van der Waals surface area contributed by atoms with Crippen LogP contribution in [0.25, 0.3) is 22.3 Å². The molecule has 0 unspecified atom stereocenters. The van der Waals surface area contributed by atoms with Gasteiger partial charge in [0.25, 0.3) is 0 Å². The van der Waals surface area contributed by atoms with E-state index in [1.165, 1.54) is 5.69 Å². The van der Waals surface area contributed by atoms with Crippen LogP contribution in [0.5, 0.6) is 0 Å². The number of hydrogen-bond acceptors (Lipinski definition) is 5. The topological polar surface area (TPSA) is 102 Å². The highest BCUT2D eigenvalue weighted by molar-refractivity contribution is 6.00. The lowest BCUT2D eigenvalue weighted by Crippen LogP contribution is -2.20. The first-order valence-electron chi connectivity index (χ1n) is 12.2. The minimum Gasteiger partial charge on any atom is -0.354 e. The van der Waals surface area contributed by atoms with E-state index in [1.54, 1.807) is 42.2 Å². The summed E-state index contributed by atoms with van der Waals surface area (Å²) in [6, 6.07) is 11.6. The molecule has 0 atom stereocenters. The SMILES string of the molecule is Cn1cccc1CCNc1ncc2c(-c3ccc(NC(=O)Nc4cc(C(F)(F)F)ccc4F)cc3)nn(C)c2n1. The maximum Gasteiger partial charge on any atom is 0.416 e. The van der Waals surface area contributed by atoms with E-state index in [-0.39, 0.29) is 0 Å². The third-order valence-electron chi connectivity index (χ3n) is 6.25. The van der Waals surface area contributed by atoms with Gasteiger partial charge in [0.15, 0.2) is 5.65 Å². The average molecular weight is 553 g/mol. The number of alkyl halides is 3. The van der Waals surface area contributed by atoms with Crippen LogP contribution in [0.3, 0.4) is 0 Å². The monoisotopic (exact) mass is 552 g/mol. The molecule has 206 valence electrons. The number of nitrogens with zero attached hydrogens (tertiary/aromatic N) is 5. The molecule has 0 aliphatic heterocycles. The number of carbonyl (C=O) groups is 1. The molecule has 0 aliphatic carbocycles. The fourth-order valence-electron chi connectivity index (χ4n) is 4.19. The first-order chi connectivity index (χ1) is 19.1. The van der Waals surface area contributed by atoms with Gasteiger partial charge in [-0.2, -0.15) is 23.3 Å². The molecular formula is C27H24F4N8O. The molecule has 3 aromatic heterocycles. The van der Waals surface area contributed by atoms with Gasteiger partial charge >= 0.3 is 12.2 Å². The van der Waals surface area contributed by atoms with Crippen molar-refractivity contribution in [3.8, 4) is 11.3 Å². The smallest absolute Gasteiger partial charge is 0.354 e. The van der Waals surface area contributed by atoms with E-state index in [1.807, 2.05) is 19.3 Å². The third kappa shape index (κ3) is 5.72. The van der Waals surface area contributed by atoms with Gasteiger partial charge in [-0.1, -0.05) is 12.1 Å². The highest BCUT2D eigenvalue weighted by Crippen LogP contribution is 2.32. The largest absolute Gasteiger partial charge is 0.416 e. The lowest BCUT2D eigenvalue weighted by Gasteiger charge is -2.12. The van der Waals surface area contributed by atoms with E-state index in [9.17, 15) is 22.4 Å². The van der Waals surface area contributed by atoms with Crippen molar-refractivity contribution in [3.63, 3.8) is 0 Å². The summed E-state index contributed by atoms with van der Waals surface area (Å²) in [6.45, 7) is 0.663. The quantitative estimate of drug-likeness (QED) is 0.221. The second-order valence-corrected chi connectivity index (χ2v) is 9.04. The molecule has 5 rings (SSSR count). The summed E-state index contributed by atoms with van der Waals surface area (Å²) in [5.74, 6) is -0.503. The molecule has 5 aromatic rings. The fourth-order valence-corrected chi connectivity index (χ4v) is 4.19. The summed E-state index contributed by atoms with van der Waals surface area (Å²) in [5, 5.41) is 13.1. The number of carbonyl (C=O) groups excluding carboxylic acids is 1. The van der Waals surface area contributed by atoms with Crippen molar-refractivity contribution in [2.75, 3.05) is 22.5 Å². The van der Waals surface area contributed by atoms with Crippen molar-refractivity contribution >= 4 is 34.4 Å². The molecule has 9 nitrogen and oxygen atoms in total. The van der Waals surface area contributed by atoms with Crippen molar-refractivity contribution in [2.45, 2.75) is 12.6 Å². The minimum absolute atomic E-state index is 0.342. The highest BCUT2D eigenvalue weighted by Gasteiger charge is 2.31. The number of rotatable bonds is 7. The van der Waals surface area contributed by atoms with Gasteiger partial charge in [0.05, 0.1) is 16.6 Å². The molecule has 0 saturated carbocycles. The van der Waals surface area contributed by atoms with E-state index >= 15 is 0 Å². The zero-order valence-electron chi connectivity index (χ0n) is 21.4. The summed E-state index contributed by atoms with van der Waals surface area (Å²) in [7, 11) is 3.77.